The number of hydrogen-bond acceptors (Lipinski definition) is 4. The average Bonchev–Trinajstić information content (AvgIpc) is 2.45. The number of hydrogen-bond donors (Lipinski definition) is 2. The molecule has 0 saturated carbocycles. The molecule has 0 radical (unpaired) electrons. The molecular formula is C14H20N2O2S. The molecule has 0 aliphatic carbocycles. The molecule has 0 fully saturated rings. The van der Waals surface area contributed by atoms with Crippen LogP contribution in [0.1, 0.15) is 24.4 Å². The van der Waals surface area contributed by atoms with Crippen LogP contribution in [0.5, 0.6) is 0 Å². The zero-order valence-electron chi connectivity index (χ0n) is 11.1. The average molecular weight is 280 g/mol. The van der Waals surface area contributed by atoms with Gasteiger partial charge in [0.15, 0.2) is 0 Å². The molecule has 1 aliphatic heterocycles. The first kappa shape index (κ1) is 14.4. The van der Waals surface area contributed by atoms with Crippen LogP contribution in [0.25, 0.3) is 0 Å². The van der Waals surface area contributed by atoms with Gasteiger partial charge in [0.25, 0.3) is 0 Å². The SMILES string of the molecule is COC(CN)CC(=O)NC1CCSc2ccccc21. The predicted octanol–water partition coefficient (Wildman–Crippen LogP) is 1.70. The Balaban J connectivity index is 1.99. The second kappa shape index (κ2) is 6.93. The van der Waals surface area contributed by atoms with Crippen LogP contribution in [0.4, 0.5) is 0 Å². The lowest BCUT2D eigenvalue weighted by Crippen LogP contribution is -2.35. The highest BCUT2D eigenvalue weighted by Gasteiger charge is 2.22. The minimum Gasteiger partial charge on any atom is -0.380 e. The maximum absolute atomic E-state index is 12.0. The third-order valence-electron chi connectivity index (χ3n) is 3.30. The maximum atomic E-state index is 12.0. The Morgan fingerprint density at radius 3 is 3.11 bits per heavy atom. The molecule has 0 saturated heterocycles. The van der Waals surface area contributed by atoms with Crippen LogP contribution in [0.15, 0.2) is 29.2 Å². The Morgan fingerprint density at radius 1 is 1.58 bits per heavy atom. The molecule has 1 heterocycles. The monoisotopic (exact) mass is 280 g/mol. The van der Waals surface area contributed by atoms with E-state index in [2.05, 4.69) is 17.4 Å². The van der Waals surface area contributed by atoms with Crippen LogP contribution in [0, 0.1) is 0 Å². The number of ether oxygens (including phenoxy) is 1. The van der Waals surface area contributed by atoms with Gasteiger partial charge in [-0.05, 0) is 18.1 Å². The summed E-state index contributed by atoms with van der Waals surface area (Å²) in [5.41, 5.74) is 6.75. The van der Waals surface area contributed by atoms with E-state index in [1.807, 2.05) is 23.9 Å². The second-order valence-electron chi connectivity index (χ2n) is 4.59. The predicted molar refractivity (Wildman–Crippen MR) is 77.1 cm³/mol. The van der Waals surface area contributed by atoms with Gasteiger partial charge in [-0.2, -0.15) is 0 Å². The fourth-order valence-electron chi connectivity index (χ4n) is 2.21. The molecule has 1 amide bonds. The zero-order valence-corrected chi connectivity index (χ0v) is 11.9. The molecule has 19 heavy (non-hydrogen) atoms. The maximum Gasteiger partial charge on any atom is 0.223 e. The Hall–Kier alpha value is -1.04. The van der Waals surface area contributed by atoms with Crippen LogP contribution in [-0.4, -0.2) is 31.4 Å². The third kappa shape index (κ3) is 3.72. The highest BCUT2D eigenvalue weighted by atomic mass is 32.2. The van der Waals surface area contributed by atoms with E-state index < -0.39 is 0 Å². The summed E-state index contributed by atoms with van der Waals surface area (Å²) in [4.78, 5) is 13.3. The number of fused-ring (bicyclic) bond motifs is 1. The molecule has 2 unspecified atom stereocenters. The number of amides is 1. The van der Waals surface area contributed by atoms with Crippen LogP contribution in [0.2, 0.25) is 0 Å². The smallest absolute Gasteiger partial charge is 0.223 e. The number of nitrogens with two attached hydrogens (primary N) is 1. The third-order valence-corrected chi connectivity index (χ3v) is 4.43. The fraction of sp³-hybridized carbons (Fsp3) is 0.500. The Kier molecular flexibility index (Phi) is 5.24. The summed E-state index contributed by atoms with van der Waals surface area (Å²) in [5.74, 6) is 1.04. The molecule has 4 nitrogen and oxygen atoms in total. The van der Waals surface area contributed by atoms with Crippen LogP contribution in [0.3, 0.4) is 0 Å². The number of carbonyl (C=O) groups excluding carboxylic acids is 1. The summed E-state index contributed by atoms with van der Waals surface area (Å²) in [6.07, 6.45) is 1.08. The fourth-order valence-corrected chi connectivity index (χ4v) is 3.34. The first-order valence-corrected chi connectivity index (χ1v) is 7.47. The molecule has 104 valence electrons. The number of methoxy groups -OCH3 is 1. The van der Waals surface area contributed by atoms with Gasteiger partial charge >= 0.3 is 0 Å². The van der Waals surface area contributed by atoms with Crippen molar-refractivity contribution in [2.45, 2.75) is 29.9 Å². The van der Waals surface area contributed by atoms with Gasteiger partial charge in [0.2, 0.25) is 5.91 Å². The molecule has 2 rings (SSSR count). The molecule has 0 bridgehead atoms. The lowest BCUT2D eigenvalue weighted by atomic mass is 10.0. The van der Waals surface area contributed by atoms with Gasteiger partial charge in [-0.1, -0.05) is 18.2 Å². The van der Waals surface area contributed by atoms with E-state index in [-0.39, 0.29) is 18.1 Å². The van der Waals surface area contributed by atoms with E-state index in [1.54, 1.807) is 7.11 Å². The van der Waals surface area contributed by atoms with Gasteiger partial charge in [-0.25, -0.2) is 0 Å². The molecule has 3 N–H and O–H groups in total. The minimum atomic E-state index is -0.201. The standard InChI is InChI=1S/C14H20N2O2S/c1-18-10(9-15)8-14(17)16-12-6-7-19-13-5-3-2-4-11(12)13/h2-5,10,12H,6-9,15H2,1H3,(H,16,17). The number of benzene rings is 1. The number of nitrogens with one attached hydrogen (secondary N) is 1. The van der Waals surface area contributed by atoms with Gasteiger partial charge in [0.05, 0.1) is 18.6 Å². The molecule has 0 aromatic heterocycles. The first-order chi connectivity index (χ1) is 9.24. The summed E-state index contributed by atoms with van der Waals surface area (Å²) in [5, 5.41) is 3.09. The number of carbonyl (C=O) groups is 1. The second-order valence-corrected chi connectivity index (χ2v) is 5.73. The number of rotatable bonds is 5. The van der Waals surface area contributed by atoms with Crippen molar-refractivity contribution in [2.24, 2.45) is 5.73 Å². The molecule has 5 heteroatoms. The van der Waals surface area contributed by atoms with Gasteiger partial charge in [0.1, 0.15) is 0 Å². The van der Waals surface area contributed by atoms with E-state index in [0.29, 0.717) is 13.0 Å². The normalized spacial score (nSPS) is 19.6. The topological polar surface area (TPSA) is 64.3 Å². The number of thioether (sulfide) groups is 1. The molecule has 1 aromatic rings. The van der Waals surface area contributed by atoms with Crippen LogP contribution >= 0.6 is 11.8 Å². The van der Waals surface area contributed by atoms with Crippen molar-refractivity contribution < 1.29 is 9.53 Å². The largest absolute Gasteiger partial charge is 0.380 e. The van der Waals surface area contributed by atoms with E-state index in [9.17, 15) is 4.79 Å². The van der Waals surface area contributed by atoms with E-state index in [0.717, 1.165) is 12.2 Å². The quantitative estimate of drug-likeness (QED) is 0.861. The van der Waals surface area contributed by atoms with Gasteiger partial charge in [-0.15, -0.1) is 11.8 Å². The highest BCUT2D eigenvalue weighted by Crippen LogP contribution is 2.35. The highest BCUT2D eigenvalue weighted by molar-refractivity contribution is 7.99. The van der Waals surface area contributed by atoms with Gasteiger partial charge in [-0.3, -0.25) is 4.79 Å². The van der Waals surface area contributed by atoms with Crippen molar-refractivity contribution in [1.29, 1.82) is 0 Å². The Morgan fingerprint density at radius 2 is 2.37 bits per heavy atom. The summed E-state index contributed by atoms with van der Waals surface area (Å²) in [6.45, 7) is 0.362. The summed E-state index contributed by atoms with van der Waals surface area (Å²) < 4.78 is 5.14. The summed E-state index contributed by atoms with van der Waals surface area (Å²) in [7, 11) is 1.58. The van der Waals surface area contributed by atoms with Crippen molar-refractivity contribution >= 4 is 17.7 Å². The first-order valence-electron chi connectivity index (χ1n) is 6.48. The Bertz CT molecular complexity index is 435. The van der Waals surface area contributed by atoms with Crippen molar-refractivity contribution in [3.63, 3.8) is 0 Å². The molecular weight excluding hydrogens is 260 g/mol. The molecule has 2 atom stereocenters. The van der Waals surface area contributed by atoms with Crippen molar-refractivity contribution in [3.8, 4) is 0 Å². The van der Waals surface area contributed by atoms with E-state index >= 15 is 0 Å². The lowest BCUT2D eigenvalue weighted by molar-refractivity contribution is -0.124. The van der Waals surface area contributed by atoms with Crippen molar-refractivity contribution in [3.05, 3.63) is 29.8 Å². The molecule has 1 aromatic carbocycles. The van der Waals surface area contributed by atoms with Gasteiger partial charge < -0.3 is 15.8 Å². The zero-order chi connectivity index (χ0) is 13.7. The summed E-state index contributed by atoms with van der Waals surface area (Å²) >= 11 is 1.85. The van der Waals surface area contributed by atoms with Crippen molar-refractivity contribution in [2.75, 3.05) is 19.4 Å². The van der Waals surface area contributed by atoms with E-state index in [1.165, 1.54) is 10.5 Å². The van der Waals surface area contributed by atoms with Crippen molar-refractivity contribution in [1.82, 2.24) is 5.32 Å². The Labute approximate surface area is 118 Å². The molecule has 1 aliphatic rings. The molecule has 0 spiro atoms. The van der Waals surface area contributed by atoms with Gasteiger partial charge in [0, 0.05) is 24.3 Å². The lowest BCUT2D eigenvalue weighted by Gasteiger charge is -2.26. The minimum absolute atomic E-state index is 0.00371. The summed E-state index contributed by atoms with van der Waals surface area (Å²) in [6, 6.07) is 8.35. The van der Waals surface area contributed by atoms with Crippen LogP contribution < -0.4 is 11.1 Å². The van der Waals surface area contributed by atoms with E-state index in [4.69, 9.17) is 10.5 Å². The van der Waals surface area contributed by atoms with Crippen LogP contribution in [-0.2, 0) is 9.53 Å².